The Bertz CT molecular complexity index is 657. The molecule has 8 nitrogen and oxygen atoms in total. The van der Waals surface area contributed by atoms with Crippen molar-refractivity contribution in [1.29, 1.82) is 0 Å². The molecule has 0 aliphatic carbocycles. The first kappa shape index (κ1) is 13.7. The first-order valence-electron chi connectivity index (χ1n) is 5.78. The van der Waals surface area contributed by atoms with Gasteiger partial charge < -0.3 is 0 Å². The summed E-state index contributed by atoms with van der Waals surface area (Å²) in [5.41, 5.74) is 0. The molecule has 0 aliphatic heterocycles. The van der Waals surface area contributed by atoms with Gasteiger partial charge in [-0.25, -0.2) is 17.7 Å². The maximum Gasteiger partial charge on any atom is 0.245 e. The third-order valence-electron chi connectivity index (χ3n) is 2.59. The van der Waals surface area contributed by atoms with Gasteiger partial charge in [0.05, 0.1) is 6.20 Å². The number of hydrogen-bond donors (Lipinski definition) is 1. The van der Waals surface area contributed by atoms with E-state index < -0.39 is 10.0 Å². The van der Waals surface area contributed by atoms with Gasteiger partial charge in [-0.15, -0.1) is 0 Å². The van der Waals surface area contributed by atoms with Crippen LogP contribution in [0.5, 0.6) is 0 Å². The van der Waals surface area contributed by atoms with Crippen LogP contribution in [0.25, 0.3) is 0 Å². The zero-order chi connectivity index (χ0) is 14.0. The first-order valence-corrected chi connectivity index (χ1v) is 7.22. The minimum atomic E-state index is -3.44. The molecule has 0 aliphatic rings. The third-order valence-corrected chi connectivity index (χ3v) is 4.36. The van der Waals surface area contributed by atoms with Crippen molar-refractivity contribution in [2.45, 2.75) is 24.8 Å². The van der Waals surface area contributed by atoms with E-state index in [1.54, 1.807) is 0 Å². The van der Waals surface area contributed by atoms with Crippen LogP contribution < -0.4 is 0 Å². The smallest absolute Gasteiger partial charge is 0.245 e. The highest BCUT2D eigenvalue weighted by Crippen LogP contribution is 2.11. The number of nitrogens with zero attached hydrogens (tertiary/aromatic N) is 5. The molecule has 0 spiro atoms. The van der Waals surface area contributed by atoms with Crippen LogP contribution >= 0.6 is 0 Å². The highest BCUT2D eigenvalue weighted by atomic mass is 32.2. The predicted molar refractivity (Wildman–Crippen MR) is 68.0 cm³/mol. The van der Waals surface area contributed by atoms with Crippen LogP contribution in [0, 0.1) is 0 Å². The summed E-state index contributed by atoms with van der Waals surface area (Å²) in [6.07, 6.45) is 3.55. The Morgan fingerprint density at radius 1 is 1.42 bits per heavy atom. The van der Waals surface area contributed by atoms with Crippen LogP contribution in [0.15, 0.2) is 17.3 Å². The Morgan fingerprint density at radius 3 is 2.74 bits per heavy atom. The summed E-state index contributed by atoms with van der Waals surface area (Å²) < 4.78 is 26.4. The lowest BCUT2D eigenvalue weighted by atomic mass is 10.5. The maximum atomic E-state index is 11.9. The van der Waals surface area contributed by atoms with E-state index in [0.717, 1.165) is 16.6 Å². The van der Waals surface area contributed by atoms with E-state index in [2.05, 4.69) is 20.3 Å². The lowest BCUT2D eigenvalue weighted by Crippen LogP contribution is -2.21. The van der Waals surface area contributed by atoms with Crippen molar-refractivity contribution in [3.8, 4) is 0 Å². The minimum absolute atomic E-state index is 0.160. The van der Waals surface area contributed by atoms with Crippen molar-refractivity contribution in [3.05, 3.63) is 24.0 Å². The van der Waals surface area contributed by atoms with Crippen molar-refractivity contribution < 1.29 is 8.42 Å². The van der Waals surface area contributed by atoms with E-state index in [1.165, 1.54) is 31.2 Å². The molecular formula is C10H16N6O2S. The van der Waals surface area contributed by atoms with E-state index in [-0.39, 0.29) is 4.90 Å². The number of H-pyrrole nitrogens is 1. The first-order chi connectivity index (χ1) is 8.93. The molecule has 9 heteroatoms. The Labute approximate surface area is 111 Å². The Hall–Kier alpha value is -1.74. The van der Waals surface area contributed by atoms with Gasteiger partial charge in [0.2, 0.25) is 10.0 Å². The SMILES string of the molecule is CCc1n[nH]c(Cn2cc(S(=O)(=O)N(C)C)cn2)n1. The van der Waals surface area contributed by atoms with Crippen LogP contribution in [0.3, 0.4) is 0 Å². The molecule has 2 aromatic rings. The molecule has 2 aromatic heterocycles. The summed E-state index contributed by atoms with van der Waals surface area (Å²) in [6.45, 7) is 2.32. The van der Waals surface area contributed by atoms with Crippen molar-refractivity contribution in [1.82, 2.24) is 29.3 Å². The van der Waals surface area contributed by atoms with Gasteiger partial charge in [0.25, 0.3) is 0 Å². The quantitative estimate of drug-likeness (QED) is 0.824. The van der Waals surface area contributed by atoms with Crippen LogP contribution in [-0.4, -0.2) is 51.8 Å². The van der Waals surface area contributed by atoms with Gasteiger partial charge in [0, 0.05) is 26.7 Å². The topological polar surface area (TPSA) is 96.8 Å². The third kappa shape index (κ3) is 2.82. The minimum Gasteiger partial charge on any atom is -0.264 e. The van der Waals surface area contributed by atoms with E-state index in [9.17, 15) is 8.42 Å². The zero-order valence-corrected chi connectivity index (χ0v) is 11.8. The summed E-state index contributed by atoms with van der Waals surface area (Å²) in [7, 11) is -0.478. The van der Waals surface area contributed by atoms with Crippen LogP contribution in [0.1, 0.15) is 18.6 Å². The molecule has 2 rings (SSSR count). The highest BCUT2D eigenvalue weighted by Gasteiger charge is 2.19. The number of aromatic amines is 1. The Balaban J connectivity index is 2.18. The molecule has 0 radical (unpaired) electrons. The number of sulfonamides is 1. The van der Waals surface area contributed by atoms with Gasteiger partial charge in [0.15, 0.2) is 5.82 Å². The van der Waals surface area contributed by atoms with Crippen molar-refractivity contribution >= 4 is 10.0 Å². The average Bonchev–Trinajstić information content (AvgIpc) is 2.98. The molecule has 0 saturated carbocycles. The molecule has 0 bridgehead atoms. The van der Waals surface area contributed by atoms with Crippen molar-refractivity contribution in [2.24, 2.45) is 0 Å². The number of aromatic nitrogens is 5. The van der Waals surface area contributed by atoms with E-state index in [4.69, 9.17) is 0 Å². The van der Waals surface area contributed by atoms with E-state index in [1.807, 2.05) is 6.92 Å². The molecule has 2 heterocycles. The van der Waals surface area contributed by atoms with Gasteiger partial charge in [-0.2, -0.15) is 10.2 Å². The van der Waals surface area contributed by atoms with Crippen LogP contribution in [-0.2, 0) is 23.0 Å². The Kier molecular flexibility index (Phi) is 3.67. The fourth-order valence-corrected chi connectivity index (χ4v) is 2.35. The van der Waals surface area contributed by atoms with E-state index in [0.29, 0.717) is 12.4 Å². The largest absolute Gasteiger partial charge is 0.264 e. The average molecular weight is 284 g/mol. The summed E-state index contributed by atoms with van der Waals surface area (Å²) in [5, 5.41) is 10.8. The predicted octanol–water partition coefficient (Wildman–Crippen LogP) is -0.138. The molecule has 0 fully saturated rings. The van der Waals surface area contributed by atoms with Crippen LogP contribution in [0.2, 0.25) is 0 Å². The molecule has 0 amide bonds. The highest BCUT2D eigenvalue weighted by molar-refractivity contribution is 7.89. The van der Waals surface area contributed by atoms with Crippen LogP contribution in [0.4, 0.5) is 0 Å². The molecule has 0 aromatic carbocycles. The molecule has 0 atom stereocenters. The molecule has 0 saturated heterocycles. The van der Waals surface area contributed by atoms with E-state index >= 15 is 0 Å². The van der Waals surface area contributed by atoms with Gasteiger partial charge in [-0.05, 0) is 0 Å². The van der Waals surface area contributed by atoms with Gasteiger partial charge in [-0.3, -0.25) is 9.78 Å². The number of nitrogens with one attached hydrogen (secondary N) is 1. The summed E-state index contributed by atoms with van der Waals surface area (Å²) in [5.74, 6) is 1.37. The fourth-order valence-electron chi connectivity index (χ4n) is 1.49. The standard InChI is InChI=1S/C10H16N6O2S/c1-4-9-12-10(14-13-9)7-16-6-8(5-11-16)19(17,18)15(2)3/h5-6H,4,7H2,1-3H3,(H,12,13,14). The number of aryl methyl sites for hydroxylation is 1. The summed E-state index contributed by atoms with van der Waals surface area (Å²) in [6, 6.07) is 0. The molecular weight excluding hydrogens is 268 g/mol. The van der Waals surface area contributed by atoms with Crippen molar-refractivity contribution in [2.75, 3.05) is 14.1 Å². The van der Waals surface area contributed by atoms with Gasteiger partial charge in [-0.1, -0.05) is 6.92 Å². The Morgan fingerprint density at radius 2 is 2.16 bits per heavy atom. The summed E-state index contributed by atoms with van der Waals surface area (Å²) >= 11 is 0. The van der Waals surface area contributed by atoms with Gasteiger partial charge in [0.1, 0.15) is 17.3 Å². The normalized spacial score (nSPS) is 12.2. The fraction of sp³-hybridized carbons (Fsp3) is 0.500. The second kappa shape index (κ2) is 5.10. The number of rotatable bonds is 5. The lowest BCUT2D eigenvalue weighted by molar-refractivity contribution is 0.520. The molecule has 1 N–H and O–H groups in total. The maximum absolute atomic E-state index is 11.9. The molecule has 104 valence electrons. The zero-order valence-electron chi connectivity index (χ0n) is 11.0. The van der Waals surface area contributed by atoms with Gasteiger partial charge >= 0.3 is 0 Å². The summed E-state index contributed by atoms with van der Waals surface area (Å²) in [4.78, 5) is 4.40. The molecule has 0 unspecified atom stereocenters. The monoisotopic (exact) mass is 284 g/mol. The van der Waals surface area contributed by atoms with Crippen molar-refractivity contribution in [3.63, 3.8) is 0 Å². The second-order valence-corrected chi connectivity index (χ2v) is 6.36. The molecule has 19 heavy (non-hydrogen) atoms. The lowest BCUT2D eigenvalue weighted by Gasteiger charge is -2.08. The second-order valence-electron chi connectivity index (χ2n) is 4.21. The number of hydrogen-bond acceptors (Lipinski definition) is 5.